The summed E-state index contributed by atoms with van der Waals surface area (Å²) in [5, 5.41) is 3.84. The van der Waals surface area contributed by atoms with Gasteiger partial charge in [-0.25, -0.2) is 0 Å². The van der Waals surface area contributed by atoms with Crippen LogP contribution in [0.4, 0.5) is 0 Å². The summed E-state index contributed by atoms with van der Waals surface area (Å²) in [5.41, 5.74) is 1.43. The highest BCUT2D eigenvalue weighted by molar-refractivity contribution is 7.99. The van der Waals surface area contributed by atoms with Crippen LogP contribution in [0.5, 0.6) is 5.75 Å². The summed E-state index contributed by atoms with van der Waals surface area (Å²) in [5.74, 6) is 5.32. The van der Waals surface area contributed by atoms with E-state index in [1.165, 1.54) is 42.8 Å². The zero-order valence-corrected chi connectivity index (χ0v) is 13.8. The molecule has 2 heterocycles. The van der Waals surface area contributed by atoms with E-state index < -0.39 is 0 Å². The van der Waals surface area contributed by atoms with Gasteiger partial charge in [0.1, 0.15) is 5.75 Å². The fourth-order valence-corrected chi connectivity index (χ4v) is 4.95. The molecule has 2 nitrogen and oxygen atoms in total. The molecule has 0 radical (unpaired) electrons. The second kappa shape index (κ2) is 7.55. The highest BCUT2D eigenvalue weighted by atomic mass is 32.2. The standard InChI is InChI=1S/C18H27NOS/c1-2-9-19-17(15-8-11-21-13-15)12-14-7-10-20-18-6-4-3-5-16(14)18/h3-6,14-15,17,19H,2,7-13H2,1H3. The molecule has 3 heteroatoms. The van der Waals surface area contributed by atoms with Crippen molar-refractivity contribution in [3.63, 3.8) is 0 Å². The van der Waals surface area contributed by atoms with E-state index in [-0.39, 0.29) is 0 Å². The number of thioether (sulfide) groups is 1. The summed E-state index contributed by atoms with van der Waals surface area (Å²) in [6, 6.07) is 9.30. The number of rotatable bonds is 6. The van der Waals surface area contributed by atoms with Gasteiger partial charge >= 0.3 is 0 Å². The summed E-state index contributed by atoms with van der Waals surface area (Å²) in [7, 11) is 0. The minimum atomic E-state index is 0.662. The molecule has 2 aliphatic heterocycles. The molecule has 3 unspecified atom stereocenters. The molecule has 1 N–H and O–H groups in total. The molecule has 1 fully saturated rings. The predicted octanol–water partition coefficient (Wildman–Crippen LogP) is 4.06. The van der Waals surface area contributed by atoms with Gasteiger partial charge in [0.05, 0.1) is 6.61 Å². The first-order valence-electron chi connectivity index (χ1n) is 8.41. The first-order chi connectivity index (χ1) is 10.4. The predicted molar refractivity (Wildman–Crippen MR) is 91.4 cm³/mol. The average Bonchev–Trinajstić information content (AvgIpc) is 3.06. The minimum Gasteiger partial charge on any atom is -0.493 e. The van der Waals surface area contributed by atoms with Crippen LogP contribution in [-0.2, 0) is 0 Å². The molecule has 21 heavy (non-hydrogen) atoms. The van der Waals surface area contributed by atoms with Gasteiger partial charge < -0.3 is 10.1 Å². The number of para-hydroxylation sites is 1. The normalized spacial score (nSPS) is 26.1. The van der Waals surface area contributed by atoms with Crippen LogP contribution in [0.1, 0.15) is 44.1 Å². The largest absolute Gasteiger partial charge is 0.493 e. The van der Waals surface area contributed by atoms with Crippen molar-refractivity contribution in [1.29, 1.82) is 0 Å². The molecule has 0 saturated carbocycles. The smallest absolute Gasteiger partial charge is 0.122 e. The first-order valence-corrected chi connectivity index (χ1v) is 9.56. The van der Waals surface area contributed by atoms with Crippen LogP contribution in [0.25, 0.3) is 0 Å². The monoisotopic (exact) mass is 305 g/mol. The zero-order valence-electron chi connectivity index (χ0n) is 13.0. The Morgan fingerprint density at radius 1 is 1.33 bits per heavy atom. The fraction of sp³-hybridized carbons (Fsp3) is 0.667. The number of ether oxygens (including phenoxy) is 1. The Kier molecular flexibility index (Phi) is 5.48. The van der Waals surface area contributed by atoms with Crippen LogP contribution in [0.2, 0.25) is 0 Å². The molecule has 1 aromatic rings. The van der Waals surface area contributed by atoms with E-state index in [0.29, 0.717) is 12.0 Å². The number of benzene rings is 1. The van der Waals surface area contributed by atoms with Crippen molar-refractivity contribution >= 4 is 11.8 Å². The van der Waals surface area contributed by atoms with Crippen LogP contribution in [0.3, 0.4) is 0 Å². The highest BCUT2D eigenvalue weighted by Crippen LogP contribution is 2.38. The van der Waals surface area contributed by atoms with Gasteiger partial charge in [-0.1, -0.05) is 25.1 Å². The van der Waals surface area contributed by atoms with Crippen molar-refractivity contribution in [3.05, 3.63) is 29.8 Å². The second-order valence-corrected chi connectivity index (χ2v) is 7.44. The lowest BCUT2D eigenvalue weighted by atomic mass is 9.83. The van der Waals surface area contributed by atoms with Crippen LogP contribution in [-0.4, -0.2) is 30.7 Å². The molecule has 2 aliphatic rings. The summed E-state index contributed by atoms with van der Waals surface area (Å²) < 4.78 is 5.82. The van der Waals surface area contributed by atoms with Gasteiger partial charge in [-0.15, -0.1) is 0 Å². The quantitative estimate of drug-likeness (QED) is 0.856. The number of fused-ring (bicyclic) bond motifs is 1. The van der Waals surface area contributed by atoms with E-state index in [1.54, 1.807) is 0 Å². The summed E-state index contributed by atoms with van der Waals surface area (Å²) in [4.78, 5) is 0. The van der Waals surface area contributed by atoms with Gasteiger partial charge in [0.25, 0.3) is 0 Å². The van der Waals surface area contributed by atoms with E-state index in [4.69, 9.17) is 4.74 Å². The summed E-state index contributed by atoms with van der Waals surface area (Å²) in [6.07, 6.45) is 5.05. The third-order valence-electron chi connectivity index (χ3n) is 4.81. The molecule has 1 aromatic carbocycles. The maximum Gasteiger partial charge on any atom is 0.122 e. The lowest BCUT2D eigenvalue weighted by Crippen LogP contribution is -2.38. The highest BCUT2D eigenvalue weighted by Gasteiger charge is 2.30. The molecule has 116 valence electrons. The van der Waals surface area contributed by atoms with E-state index >= 15 is 0 Å². The molecule has 3 rings (SSSR count). The second-order valence-electron chi connectivity index (χ2n) is 6.29. The van der Waals surface area contributed by atoms with Crippen LogP contribution in [0.15, 0.2) is 24.3 Å². The Hall–Kier alpha value is -0.670. The lowest BCUT2D eigenvalue weighted by molar-refractivity contribution is 0.244. The van der Waals surface area contributed by atoms with Gasteiger partial charge in [0.2, 0.25) is 0 Å². The first kappa shape index (κ1) is 15.2. The maximum atomic E-state index is 5.82. The third-order valence-corrected chi connectivity index (χ3v) is 6.00. The Morgan fingerprint density at radius 3 is 3.05 bits per heavy atom. The van der Waals surface area contributed by atoms with E-state index in [2.05, 4.69) is 48.3 Å². The van der Waals surface area contributed by atoms with Crippen molar-refractivity contribution in [3.8, 4) is 5.75 Å². The van der Waals surface area contributed by atoms with Crippen LogP contribution in [0, 0.1) is 5.92 Å². The van der Waals surface area contributed by atoms with Gasteiger partial charge in [0, 0.05) is 6.04 Å². The van der Waals surface area contributed by atoms with Crippen LogP contribution < -0.4 is 10.1 Å². The maximum absolute atomic E-state index is 5.82. The van der Waals surface area contributed by atoms with Crippen molar-refractivity contribution in [2.24, 2.45) is 5.92 Å². The van der Waals surface area contributed by atoms with Crippen LogP contribution >= 0.6 is 11.8 Å². The van der Waals surface area contributed by atoms with Crippen molar-refractivity contribution in [2.45, 2.75) is 44.6 Å². The molecule has 0 amide bonds. The average molecular weight is 305 g/mol. The van der Waals surface area contributed by atoms with E-state index in [0.717, 1.165) is 24.8 Å². The minimum absolute atomic E-state index is 0.662. The Labute approximate surface area is 133 Å². The van der Waals surface area contributed by atoms with E-state index in [9.17, 15) is 0 Å². The van der Waals surface area contributed by atoms with E-state index in [1.807, 2.05) is 0 Å². The molecule has 3 atom stereocenters. The Bertz CT molecular complexity index is 445. The molecule has 0 bridgehead atoms. The van der Waals surface area contributed by atoms with Crippen molar-refractivity contribution < 1.29 is 4.74 Å². The van der Waals surface area contributed by atoms with Gasteiger partial charge in [-0.3, -0.25) is 0 Å². The third kappa shape index (κ3) is 3.75. The summed E-state index contributed by atoms with van der Waals surface area (Å²) in [6.45, 7) is 4.29. The van der Waals surface area contributed by atoms with Crippen molar-refractivity contribution in [1.82, 2.24) is 5.32 Å². The van der Waals surface area contributed by atoms with Gasteiger partial charge in [-0.05, 0) is 67.2 Å². The molecular formula is C18H27NOS. The molecule has 0 aliphatic carbocycles. The Morgan fingerprint density at radius 2 is 2.24 bits per heavy atom. The molecular weight excluding hydrogens is 278 g/mol. The zero-order chi connectivity index (χ0) is 14.5. The molecule has 0 spiro atoms. The Balaban J connectivity index is 1.70. The van der Waals surface area contributed by atoms with Gasteiger partial charge in [-0.2, -0.15) is 11.8 Å². The number of hydrogen-bond acceptors (Lipinski definition) is 3. The molecule has 1 saturated heterocycles. The molecule has 0 aromatic heterocycles. The SMILES string of the molecule is CCCNC(CC1CCOc2ccccc21)C1CCSC1. The number of hydrogen-bond donors (Lipinski definition) is 1. The van der Waals surface area contributed by atoms with Crippen molar-refractivity contribution in [2.75, 3.05) is 24.7 Å². The topological polar surface area (TPSA) is 21.3 Å². The fourth-order valence-electron chi connectivity index (χ4n) is 3.61. The number of nitrogens with one attached hydrogen (secondary N) is 1. The lowest BCUT2D eigenvalue weighted by Gasteiger charge is -2.32. The van der Waals surface area contributed by atoms with Gasteiger partial charge in [0.15, 0.2) is 0 Å². The summed E-state index contributed by atoms with van der Waals surface area (Å²) >= 11 is 2.13.